The van der Waals surface area contributed by atoms with Gasteiger partial charge in [-0.1, -0.05) is 17.7 Å². The van der Waals surface area contributed by atoms with E-state index in [0.29, 0.717) is 0 Å². The van der Waals surface area contributed by atoms with Crippen molar-refractivity contribution < 1.29 is 0 Å². The summed E-state index contributed by atoms with van der Waals surface area (Å²) in [4.78, 5) is 1.29. The maximum absolute atomic E-state index is 6.16. The highest BCUT2D eigenvalue weighted by Gasteiger charge is 2.09. The second-order valence-electron chi connectivity index (χ2n) is 4.02. The molecule has 0 radical (unpaired) electrons. The van der Waals surface area contributed by atoms with Gasteiger partial charge in [0.2, 0.25) is 0 Å². The van der Waals surface area contributed by atoms with E-state index in [4.69, 9.17) is 11.6 Å². The van der Waals surface area contributed by atoms with Crippen LogP contribution in [0.5, 0.6) is 0 Å². The first-order chi connectivity index (χ1) is 8.06. The van der Waals surface area contributed by atoms with Gasteiger partial charge in [-0.25, -0.2) is 0 Å². The van der Waals surface area contributed by atoms with Crippen molar-refractivity contribution in [1.29, 1.82) is 0 Å². The predicted octanol–water partition coefficient (Wildman–Crippen LogP) is 5.65. The van der Waals surface area contributed by atoms with Gasteiger partial charge in [-0.05, 0) is 53.5 Å². The molecule has 0 spiro atoms. The molecule has 1 N–H and O–H groups in total. The molecule has 0 bridgehead atoms. The van der Waals surface area contributed by atoms with E-state index in [-0.39, 0.29) is 6.04 Å². The third-order valence-corrected chi connectivity index (χ3v) is 4.71. The van der Waals surface area contributed by atoms with Crippen molar-refractivity contribution in [3.05, 3.63) is 49.6 Å². The summed E-state index contributed by atoms with van der Waals surface area (Å²) < 4.78 is 1.13. The van der Waals surface area contributed by atoms with E-state index in [1.54, 1.807) is 11.3 Å². The molecule has 0 fully saturated rings. The zero-order valence-corrected chi connectivity index (χ0v) is 12.8. The van der Waals surface area contributed by atoms with Crippen LogP contribution in [0.1, 0.15) is 23.4 Å². The van der Waals surface area contributed by atoms with Crippen LogP contribution in [-0.2, 0) is 0 Å². The average molecular weight is 331 g/mol. The zero-order chi connectivity index (χ0) is 12.4. The molecule has 2 aromatic rings. The van der Waals surface area contributed by atoms with E-state index in [2.05, 4.69) is 52.6 Å². The van der Waals surface area contributed by atoms with Gasteiger partial charge < -0.3 is 5.32 Å². The van der Waals surface area contributed by atoms with Gasteiger partial charge in [0.05, 0.1) is 16.8 Å². The summed E-state index contributed by atoms with van der Waals surface area (Å²) in [6.07, 6.45) is 0. The summed E-state index contributed by atoms with van der Waals surface area (Å²) in [6.45, 7) is 4.20. The van der Waals surface area contributed by atoms with E-state index in [1.165, 1.54) is 10.4 Å². The largest absolute Gasteiger partial charge is 0.376 e. The van der Waals surface area contributed by atoms with Crippen LogP contribution < -0.4 is 5.32 Å². The van der Waals surface area contributed by atoms with Gasteiger partial charge >= 0.3 is 0 Å². The van der Waals surface area contributed by atoms with E-state index < -0.39 is 0 Å². The van der Waals surface area contributed by atoms with Gasteiger partial charge in [0.25, 0.3) is 0 Å². The lowest BCUT2D eigenvalue weighted by Crippen LogP contribution is -2.05. The van der Waals surface area contributed by atoms with Crippen LogP contribution in [0.25, 0.3) is 0 Å². The molecule has 0 saturated heterocycles. The Morgan fingerprint density at radius 3 is 2.76 bits per heavy atom. The van der Waals surface area contributed by atoms with Gasteiger partial charge in [-0.15, -0.1) is 11.3 Å². The van der Waals surface area contributed by atoms with E-state index in [0.717, 1.165) is 15.2 Å². The molecule has 1 aromatic carbocycles. The van der Waals surface area contributed by atoms with Crippen molar-refractivity contribution >= 4 is 44.6 Å². The van der Waals surface area contributed by atoms with Gasteiger partial charge in [0, 0.05) is 14.7 Å². The highest BCUT2D eigenvalue weighted by molar-refractivity contribution is 9.10. The number of rotatable bonds is 3. The topological polar surface area (TPSA) is 12.0 Å². The normalized spacial score (nSPS) is 12.5. The standard InChI is InChI=1S/C13H13BrClNS/c1-8-3-4-11(15)12(5-8)16-9(2)13-6-10(14)7-17-13/h3-7,9,16H,1-2H3. The molecule has 17 heavy (non-hydrogen) atoms. The van der Waals surface area contributed by atoms with Crippen LogP contribution in [0.3, 0.4) is 0 Å². The molecule has 1 unspecified atom stereocenters. The summed E-state index contributed by atoms with van der Waals surface area (Å²) in [6, 6.07) is 8.40. The summed E-state index contributed by atoms with van der Waals surface area (Å²) in [5.74, 6) is 0. The molecular formula is C13H13BrClNS. The minimum Gasteiger partial charge on any atom is -0.376 e. The van der Waals surface area contributed by atoms with Crippen LogP contribution in [0, 0.1) is 6.92 Å². The summed E-state index contributed by atoms with van der Waals surface area (Å²) >= 11 is 11.4. The van der Waals surface area contributed by atoms with Crippen LogP contribution in [-0.4, -0.2) is 0 Å². The second kappa shape index (κ2) is 5.42. The van der Waals surface area contributed by atoms with Gasteiger partial charge in [0.1, 0.15) is 0 Å². The lowest BCUT2D eigenvalue weighted by molar-refractivity contribution is 0.907. The Morgan fingerprint density at radius 1 is 1.35 bits per heavy atom. The van der Waals surface area contributed by atoms with E-state index >= 15 is 0 Å². The molecular weight excluding hydrogens is 318 g/mol. The highest BCUT2D eigenvalue weighted by Crippen LogP contribution is 2.30. The average Bonchev–Trinajstić information content (AvgIpc) is 2.70. The van der Waals surface area contributed by atoms with Crippen LogP contribution in [0.4, 0.5) is 5.69 Å². The second-order valence-corrected chi connectivity index (χ2v) is 6.28. The number of nitrogens with one attached hydrogen (secondary N) is 1. The Hall–Kier alpha value is -0.510. The van der Waals surface area contributed by atoms with Crippen LogP contribution >= 0.6 is 38.9 Å². The molecule has 0 aliphatic rings. The zero-order valence-electron chi connectivity index (χ0n) is 9.63. The lowest BCUT2D eigenvalue weighted by Gasteiger charge is -2.15. The maximum atomic E-state index is 6.16. The maximum Gasteiger partial charge on any atom is 0.0637 e. The molecule has 2 rings (SSSR count). The molecule has 1 atom stereocenters. The monoisotopic (exact) mass is 329 g/mol. The fourth-order valence-electron chi connectivity index (χ4n) is 1.61. The molecule has 0 amide bonds. The number of thiophene rings is 1. The number of halogens is 2. The molecule has 0 aliphatic carbocycles. The van der Waals surface area contributed by atoms with Gasteiger partial charge in [-0.2, -0.15) is 0 Å². The van der Waals surface area contributed by atoms with Gasteiger partial charge in [0.15, 0.2) is 0 Å². The Morgan fingerprint density at radius 2 is 2.12 bits per heavy atom. The molecule has 1 heterocycles. The van der Waals surface area contributed by atoms with Crippen molar-refractivity contribution in [2.45, 2.75) is 19.9 Å². The third kappa shape index (κ3) is 3.24. The SMILES string of the molecule is Cc1ccc(Cl)c(NC(C)c2cc(Br)cs2)c1. The number of hydrogen-bond donors (Lipinski definition) is 1. The van der Waals surface area contributed by atoms with Crippen molar-refractivity contribution in [2.24, 2.45) is 0 Å². The first-order valence-electron chi connectivity index (χ1n) is 5.33. The number of hydrogen-bond acceptors (Lipinski definition) is 2. The molecule has 0 aliphatic heterocycles. The van der Waals surface area contributed by atoms with E-state index in [9.17, 15) is 0 Å². The predicted molar refractivity (Wildman–Crippen MR) is 80.2 cm³/mol. The Labute approximate surface area is 119 Å². The Bertz CT molecular complexity index is 524. The lowest BCUT2D eigenvalue weighted by atomic mass is 10.2. The molecule has 90 valence electrons. The third-order valence-electron chi connectivity index (χ3n) is 2.51. The summed E-state index contributed by atoms with van der Waals surface area (Å²) in [5, 5.41) is 6.29. The van der Waals surface area contributed by atoms with Crippen LogP contribution in [0.2, 0.25) is 5.02 Å². The molecule has 1 nitrogen and oxygen atoms in total. The van der Waals surface area contributed by atoms with Crippen molar-refractivity contribution in [2.75, 3.05) is 5.32 Å². The molecule has 0 saturated carbocycles. The van der Waals surface area contributed by atoms with Crippen molar-refractivity contribution in [3.63, 3.8) is 0 Å². The number of anilines is 1. The fraction of sp³-hybridized carbons (Fsp3) is 0.231. The summed E-state index contributed by atoms with van der Waals surface area (Å²) in [5.41, 5.74) is 2.19. The quantitative estimate of drug-likeness (QED) is 0.767. The minimum absolute atomic E-state index is 0.255. The van der Waals surface area contributed by atoms with E-state index in [1.807, 2.05) is 12.1 Å². The molecule has 4 heteroatoms. The van der Waals surface area contributed by atoms with Gasteiger partial charge in [-0.3, -0.25) is 0 Å². The number of aryl methyl sites for hydroxylation is 1. The van der Waals surface area contributed by atoms with Crippen LogP contribution in [0.15, 0.2) is 34.1 Å². The Balaban J connectivity index is 2.18. The number of benzene rings is 1. The smallest absolute Gasteiger partial charge is 0.0637 e. The van der Waals surface area contributed by atoms with Crippen molar-refractivity contribution in [1.82, 2.24) is 0 Å². The fourth-order valence-corrected chi connectivity index (χ4v) is 3.23. The first kappa shape index (κ1) is 12.9. The Kier molecular flexibility index (Phi) is 4.13. The molecule has 1 aromatic heterocycles. The summed E-state index contributed by atoms with van der Waals surface area (Å²) in [7, 11) is 0. The van der Waals surface area contributed by atoms with Crippen molar-refractivity contribution in [3.8, 4) is 0 Å². The minimum atomic E-state index is 0.255. The highest BCUT2D eigenvalue weighted by atomic mass is 79.9. The first-order valence-corrected chi connectivity index (χ1v) is 7.38.